The highest BCUT2D eigenvalue weighted by Crippen LogP contribution is 2.32. The summed E-state index contributed by atoms with van der Waals surface area (Å²) in [5, 5.41) is 3.27. The van der Waals surface area contributed by atoms with Gasteiger partial charge in [0.25, 0.3) is 5.91 Å². The van der Waals surface area contributed by atoms with Crippen molar-refractivity contribution < 1.29 is 9.59 Å². The molecule has 5 nitrogen and oxygen atoms in total. The molecule has 5 rings (SSSR count). The molecule has 6 heteroatoms. The molecule has 3 aliphatic heterocycles. The van der Waals surface area contributed by atoms with Gasteiger partial charge in [-0.25, -0.2) is 0 Å². The van der Waals surface area contributed by atoms with Crippen LogP contribution < -0.4 is 5.32 Å². The molecule has 4 heterocycles. The second-order valence-electron chi connectivity index (χ2n) is 7.68. The molecule has 146 valence electrons. The molecule has 0 radical (unpaired) electrons. The van der Waals surface area contributed by atoms with Crippen molar-refractivity contribution in [1.82, 2.24) is 15.2 Å². The summed E-state index contributed by atoms with van der Waals surface area (Å²) in [6.07, 6.45) is 4.07. The van der Waals surface area contributed by atoms with Crippen molar-refractivity contribution >= 4 is 23.5 Å². The maximum Gasteiger partial charge on any atom is 0.251 e. The van der Waals surface area contributed by atoms with E-state index in [2.05, 4.69) is 22.1 Å². The van der Waals surface area contributed by atoms with Crippen molar-refractivity contribution in [1.29, 1.82) is 0 Å². The number of carbonyl (C=O) groups is 2. The molecule has 2 atom stereocenters. The Hall–Kier alpha value is -2.18. The number of carbonyl (C=O) groups excluding carboxylic acids is 2. The van der Waals surface area contributed by atoms with Gasteiger partial charge in [0.15, 0.2) is 5.78 Å². The van der Waals surface area contributed by atoms with Crippen LogP contribution in [0.2, 0.25) is 0 Å². The first-order valence-electron chi connectivity index (χ1n) is 9.81. The number of aromatic nitrogens is 1. The highest BCUT2D eigenvalue weighted by atomic mass is 32.2. The van der Waals surface area contributed by atoms with Crippen LogP contribution in [0, 0.1) is 5.92 Å². The third kappa shape index (κ3) is 3.98. The molecular weight excluding hydrogens is 370 g/mol. The summed E-state index contributed by atoms with van der Waals surface area (Å²) < 4.78 is 0. The lowest BCUT2D eigenvalue weighted by Crippen LogP contribution is -2.62. The van der Waals surface area contributed by atoms with E-state index in [0.29, 0.717) is 23.2 Å². The van der Waals surface area contributed by atoms with Gasteiger partial charge in [-0.2, -0.15) is 0 Å². The van der Waals surface area contributed by atoms with E-state index in [0.717, 1.165) is 22.9 Å². The second kappa shape index (κ2) is 8.05. The Bertz CT molecular complexity index is 856. The predicted octanol–water partition coefficient (Wildman–Crippen LogP) is 3.65. The van der Waals surface area contributed by atoms with E-state index >= 15 is 0 Å². The molecule has 1 amide bonds. The minimum Gasteiger partial charge on any atom is -0.347 e. The number of nitrogens with one attached hydrogen (secondary N) is 1. The Morgan fingerprint density at radius 3 is 2.32 bits per heavy atom. The molecule has 1 aromatic carbocycles. The van der Waals surface area contributed by atoms with Crippen molar-refractivity contribution in [3.8, 4) is 0 Å². The number of piperidine rings is 3. The number of nitrogens with zero attached hydrogens (tertiary/aromatic N) is 2. The van der Waals surface area contributed by atoms with Gasteiger partial charge in [0.1, 0.15) is 5.69 Å². The minimum atomic E-state index is -0.0378. The predicted molar refractivity (Wildman–Crippen MR) is 110 cm³/mol. The number of rotatable bonds is 5. The molecule has 2 bridgehead atoms. The van der Waals surface area contributed by atoms with Crippen molar-refractivity contribution in [2.75, 3.05) is 13.1 Å². The van der Waals surface area contributed by atoms with Crippen LogP contribution in [0.15, 0.2) is 52.4 Å². The summed E-state index contributed by atoms with van der Waals surface area (Å²) in [5.41, 5.74) is 1.16. The Morgan fingerprint density at radius 2 is 1.75 bits per heavy atom. The van der Waals surface area contributed by atoms with Crippen LogP contribution in [0.4, 0.5) is 0 Å². The summed E-state index contributed by atoms with van der Waals surface area (Å²) in [4.78, 5) is 32.7. The Kier molecular flexibility index (Phi) is 5.51. The second-order valence-corrected chi connectivity index (χ2v) is 8.82. The van der Waals surface area contributed by atoms with E-state index in [1.807, 2.05) is 30.3 Å². The van der Waals surface area contributed by atoms with E-state index in [9.17, 15) is 9.59 Å². The van der Waals surface area contributed by atoms with E-state index in [4.69, 9.17) is 0 Å². The van der Waals surface area contributed by atoms with E-state index in [1.165, 1.54) is 19.8 Å². The zero-order chi connectivity index (χ0) is 19.7. The van der Waals surface area contributed by atoms with Gasteiger partial charge in [0.2, 0.25) is 0 Å². The highest BCUT2D eigenvalue weighted by Gasteiger charge is 2.40. The van der Waals surface area contributed by atoms with E-state index < -0.39 is 0 Å². The normalized spacial score (nSPS) is 26.1. The average Bonchev–Trinajstić information content (AvgIpc) is 2.72. The zero-order valence-electron chi connectivity index (χ0n) is 16.2. The molecule has 3 aliphatic rings. The van der Waals surface area contributed by atoms with Crippen LogP contribution in [0.3, 0.4) is 0 Å². The summed E-state index contributed by atoms with van der Waals surface area (Å²) in [5.74, 6) is 0.572. The van der Waals surface area contributed by atoms with Gasteiger partial charge in [-0.15, -0.1) is 0 Å². The number of hydrogen-bond donors (Lipinski definition) is 1. The fraction of sp³-hybridized carbons (Fsp3) is 0.409. The summed E-state index contributed by atoms with van der Waals surface area (Å²) in [7, 11) is 0. The Labute approximate surface area is 169 Å². The molecule has 3 saturated heterocycles. The standard InChI is InChI=1S/C22H25N3O2S/c1-14-21(16-9-11-25(14)12-10-16)24-22(27)17-3-5-18(6-4-17)28-19-7-8-20(15(2)26)23-13-19/h3-8,13-14,16,21H,9-12H2,1-2H3,(H,24,27). The lowest BCUT2D eigenvalue weighted by Gasteiger charge is -2.49. The Morgan fingerprint density at radius 1 is 1.07 bits per heavy atom. The lowest BCUT2D eigenvalue weighted by molar-refractivity contribution is 0.0217. The fourth-order valence-electron chi connectivity index (χ4n) is 4.24. The monoisotopic (exact) mass is 395 g/mol. The summed E-state index contributed by atoms with van der Waals surface area (Å²) in [6, 6.07) is 12.0. The van der Waals surface area contributed by atoms with Crippen LogP contribution in [0.1, 0.15) is 47.5 Å². The van der Waals surface area contributed by atoms with Gasteiger partial charge >= 0.3 is 0 Å². The molecule has 2 unspecified atom stereocenters. The molecule has 2 aromatic rings. The van der Waals surface area contributed by atoms with Crippen LogP contribution in [-0.4, -0.2) is 46.7 Å². The molecule has 3 fully saturated rings. The van der Waals surface area contributed by atoms with E-state index in [-0.39, 0.29) is 17.7 Å². The minimum absolute atomic E-state index is 0.00891. The molecule has 1 N–H and O–H groups in total. The topological polar surface area (TPSA) is 62.3 Å². The highest BCUT2D eigenvalue weighted by molar-refractivity contribution is 7.99. The smallest absolute Gasteiger partial charge is 0.251 e. The van der Waals surface area contributed by atoms with Gasteiger partial charge in [0, 0.05) is 40.6 Å². The van der Waals surface area contributed by atoms with Crippen molar-refractivity contribution in [2.24, 2.45) is 5.92 Å². The first kappa shape index (κ1) is 19.2. The quantitative estimate of drug-likeness (QED) is 0.783. The van der Waals surface area contributed by atoms with E-state index in [1.54, 1.807) is 24.0 Å². The lowest BCUT2D eigenvalue weighted by atomic mass is 9.79. The molecule has 0 aliphatic carbocycles. The number of benzene rings is 1. The largest absolute Gasteiger partial charge is 0.347 e. The summed E-state index contributed by atoms with van der Waals surface area (Å²) in [6.45, 7) is 6.05. The van der Waals surface area contributed by atoms with Crippen molar-refractivity contribution in [2.45, 2.75) is 48.6 Å². The van der Waals surface area contributed by atoms with Gasteiger partial charge in [-0.05, 0) is 75.2 Å². The van der Waals surface area contributed by atoms with Crippen LogP contribution in [0.5, 0.6) is 0 Å². The molecule has 0 saturated carbocycles. The Balaban J connectivity index is 1.38. The van der Waals surface area contributed by atoms with Gasteiger partial charge in [-0.1, -0.05) is 11.8 Å². The van der Waals surface area contributed by atoms with Crippen LogP contribution >= 0.6 is 11.8 Å². The van der Waals surface area contributed by atoms with Gasteiger partial charge in [-0.3, -0.25) is 19.5 Å². The first-order chi connectivity index (χ1) is 13.5. The maximum atomic E-state index is 12.7. The average molecular weight is 396 g/mol. The summed E-state index contributed by atoms with van der Waals surface area (Å²) >= 11 is 1.56. The maximum absolute atomic E-state index is 12.7. The zero-order valence-corrected chi connectivity index (χ0v) is 17.0. The first-order valence-corrected chi connectivity index (χ1v) is 10.6. The third-order valence-electron chi connectivity index (χ3n) is 5.92. The number of fused-ring (bicyclic) bond motifs is 3. The number of amides is 1. The fourth-order valence-corrected chi connectivity index (χ4v) is 5.03. The number of hydrogen-bond acceptors (Lipinski definition) is 5. The van der Waals surface area contributed by atoms with Crippen LogP contribution in [0.25, 0.3) is 0 Å². The SMILES string of the molecule is CC(=O)c1ccc(Sc2ccc(C(=O)NC3C4CCN(CC4)C3C)cc2)cn1. The molecule has 0 spiro atoms. The van der Waals surface area contributed by atoms with Gasteiger partial charge < -0.3 is 5.32 Å². The third-order valence-corrected chi connectivity index (χ3v) is 6.91. The molecular formula is C22H25N3O2S. The molecule has 1 aromatic heterocycles. The number of pyridine rings is 1. The molecule has 28 heavy (non-hydrogen) atoms. The van der Waals surface area contributed by atoms with Crippen molar-refractivity contribution in [3.05, 3.63) is 53.9 Å². The number of ketones is 1. The van der Waals surface area contributed by atoms with Crippen LogP contribution in [-0.2, 0) is 0 Å². The van der Waals surface area contributed by atoms with Crippen molar-refractivity contribution in [3.63, 3.8) is 0 Å². The van der Waals surface area contributed by atoms with Gasteiger partial charge in [0.05, 0.1) is 0 Å². The number of Topliss-reactive ketones (excluding diaryl/α,β-unsaturated/α-hetero) is 1.